The summed E-state index contributed by atoms with van der Waals surface area (Å²) in [7, 11) is -3.48. The van der Waals surface area contributed by atoms with Crippen molar-refractivity contribution in [1.29, 1.82) is 0 Å². The van der Waals surface area contributed by atoms with Gasteiger partial charge in [0, 0.05) is 17.5 Å². The second-order valence-corrected chi connectivity index (χ2v) is 6.81. The van der Waals surface area contributed by atoms with E-state index in [0.717, 1.165) is 19.3 Å². The quantitative estimate of drug-likeness (QED) is 0.814. The Labute approximate surface area is 114 Å². The summed E-state index contributed by atoms with van der Waals surface area (Å²) in [5, 5.41) is 0. The molecule has 0 heterocycles. The van der Waals surface area contributed by atoms with Crippen LogP contribution in [0.1, 0.15) is 43.5 Å². The summed E-state index contributed by atoms with van der Waals surface area (Å²) in [4.78, 5) is 12.0. The molecule has 1 aliphatic rings. The number of carbonyl (C=O) groups is 1. The third-order valence-corrected chi connectivity index (χ3v) is 4.97. The van der Waals surface area contributed by atoms with Crippen LogP contribution in [0.5, 0.6) is 0 Å². The van der Waals surface area contributed by atoms with Crippen molar-refractivity contribution in [2.45, 2.75) is 44.0 Å². The molecule has 1 unspecified atom stereocenters. The molecule has 0 amide bonds. The zero-order valence-corrected chi connectivity index (χ0v) is 12.0. The standard InChI is InChI=1S/C14H19NO3S/c1-3-10(2)15-19(17,18)13-8-6-12(7-9-13)14(16)11-4-5-11/h6-11,15H,3-5H2,1-2H3. The molecule has 1 fully saturated rings. The van der Waals surface area contributed by atoms with Gasteiger partial charge >= 0.3 is 0 Å². The van der Waals surface area contributed by atoms with Gasteiger partial charge in [-0.2, -0.15) is 0 Å². The zero-order valence-electron chi connectivity index (χ0n) is 11.2. The Kier molecular flexibility index (Phi) is 4.06. The van der Waals surface area contributed by atoms with Crippen LogP contribution in [0.25, 0.3) is 0 Å². The number of rotatable bonds is 6. The molecule has 1 saturated carbocycles. The van der Waals surface area contributed by atoms with Gasteiger partial charge in [0.2, 0.25) is 10.0 Å². The molecular formula is C14H19NO3S. The maximum absolute atomic E-state index is 12.0. The molecule has 1 atom stereocenters. The fourth-order valence-corrected chi connectivity index (χ4v) is 3.12. The number of hydrogen-bond acceptors (Lipinski definition) is 3. The largest absolute Gasteiger partial charge is 0.294 e. The summed E-state index contributed by atoms with van der Waals surface area (Å²) in [5.41, 5.74) is 0.602. The smallest absolute Gasteiger partial charge is 0.240 e. The molecule has 1 aromatic rings. The van der Waals surface area contributed by atoms with Gasteiger partial charge in [-0.05, 0) is 38.3 Å². The average molecular weight is 281 g/mol. The molecule has 0 spiro atoms. The van der Waals surface area contributed by atoms with Crippen LogP contribution in [0.15, 0.2) is 29.2 Å². The maximum Gasteiger partial charge on any atom is 0.240 e. The van der Waals surface area contributed by atoms with Crippen molar-refractivity contribution in [2.75, 3.05) is 0 Å². The van der Waals surface area contributed by atoms with E-state index in [9.17, 15) is 13.2 Å². The van der Waals surface area contributed by atoms with Gasteiger partial charge < -0.3 is 0 Å². The number of Topliss-reactive ketones (excluding diaryl/α,β-unsaturated/α-hetero) is 1. The predicted octanol–water partition coefficient (Wildman–Crippen LogP) is 2.36. The van der Waals surface area contributed by atoms with E-state index < -0.39 is 10.0 Å². The molecule has 0 aliphatic heterocycles. The summed E-state index contributed by atoms with van der Waals surface area (Å²) < 4.78 is 26.7. The fourth-order valence-electron chi connectivity index (χ4n) is 1.80. The van der Waals surface area contributed by atoms with Crippen LogP contribution in [0.2, 0.25) is 0 Å². The van der Waals surface area contributed by atoms with E-state index in [2.05, 4.69) is 4.72 Å². The molecule has 0 bridgehead atoms. The molecule has 4 nitrogen and oxygen atoms in total. The van der Waals surface area contributed by atoms with Crippen molar-refractivity contribution in [2.24, 2.45) is 5.92 Å². The van der Waals surface area contributed by atoms with Crippen molar-refractivity contribution in [1.82, 2.24) is 4.72 Å². The lowest BCUT2D eigenvalue weighted by molar-refractivity contribution is 0.0967. The number of ketones is 1. The molecule has 1 aliphatic carbocycles. The van der Waals surface area contributed by atoms with Gasteiger partial charge in [0.25, 0.3) is 0 Å². The lowest BCUT2D eigenvalue weighted by atomic mass is 10.1. The first-order valence-corrected chi connectivity index (χ1v) is 8.09. The highest BCUT2D eigenvalue weighted by Crippen LogP contribution is 2.32. The van der Waals surface area contributed by atoms with Crippen molar-refractivity contribution in [3.05, 3.63) is 29.8 Å². The monoisotopic (exact) mass is 281 g/mol. The van der Waals surface area contributed by atoms with Crippen LogP contribution < -0.4 is 4.72 Å². The van der Waals surface area contributed by atoms with Gasteiger partial charge in [-0.15, -0.1) is 0 Å². The van der Waals surface area contributed by atoms with E-state index in [-0.39, 0.29) is 22.6 Å². The Bertz CT molecular complexity index is 559. The summed E-state index contributed by atoms with van der Waals surface area (Å²) in [6.07, 6.45) is 2.64. The highest BCUT2D eigenvalue weighted by Gasteiger charge is 2.30. The van der Waals surface area contributed by atoms with Crippen LogP contribution in [-0.4, -0.2) is 20.2 Å². The number of nitrogens with one attached hydrogen (secondary N) is 1. The van der Waals surface area contributed by atoms with Crippen molar-refractivity contribution >= 4 is 15.8 Å². The van der Waals surface area contributed by atoms with E-state index in [0.29, 0.717) is 5.56 Å². The Balaban J connectivity index is 2.15. The molecule has 2 rings (SSSR count). The van der Waals surface area contributed by atoms with Crippen molar-refractivity contribution in [3.63, 3.8) is 0 Å². The number of sulfonamides is 1. The Morgan fingerprint density at radius 3 is 2.37 bits per heavy atom. The minimum atomic E-state index is -3.48. The molecule has 19 heavy (non-hydrogen) atoms. The minimum absolute atomic E-state index is 0.0993. The van der Waals surface area contributed by atoms with E-state index >= 15 is 0 Å². The molecule has 1 aromatic carbocycles. The van der Waals surface area contributed by atoms with Crippen LogP contribution >= 0.6 is 0 Å². The average Bonchev–Trinajstić information content (AvgIpc) is 3.21. The highest BCUT2D eigenvalue weighted by molar-refractivity contribution is 7.89. The second-order valence-electron chi connectivity index (χ2n) is 5.09. The fraction of sp³-hybridized carbons (Fsp3) is 0.500. The minimum Gasteiger partial charge on any atom is -0.294 e. The van der Waals surface area contributed by atoms with E-state index in [1.165, 1.54) is 12.1 Å². The molecule has 104 valence electrons. The molecule has 0 aromatic heterocycles. The molecular weight excluding hydrogens is 262 g/mol. The third kappa shape index (κ3) is 3.42. The van der Waals surface area contributed by atoms with Crippen LogP contribution in [0.3, 0.4) is 0 Å². The van der Waals surface area contributed by atoms with Crippen LogP contribution in [0, 0.1) is 5.92 Å². The molecule has 0 radical (unpaired) electrons. The first kappa shape index (κ1) is 14.2. The molecule has 5 heteroatoms. The predicted molar refractivity (Wildman–Crippen MR) is 73.6 cm³/mol. The second kappa shape index (κ2) is 5.43. The summed E-state index contributed by atoms with van der Waals surface area (Å²) in [5.74, 6) is 0.277. The third-order valence-electron chi connectivity index (χ3n) is 3.37. The van der Waals surface area contributed by atoms with Crippen molar-refractivity contribution < 1.29 is 13.2 Å². The summed E-state index contributed by atoms with van der Waals surface area (Å²) in [6.45, 7) is 3.74. The molecule has 0 saturated heterocycles. The summed E-state index contributed by atoms with van der Waals surface area (Å²) >= 11 is 0. The van der Waals surface area contributed by atoms with Gasteiger partial charge in [0.1, 0.15) is 0 Å². The van der Waals surface area contributed by atoms with E-state index in [4.69, 9.17) is 0 Å². The number of carbonyl (C=O) groups excluding carboxylic acids is 1. The Morgan fingerprint density at radius 2 is 1.89 bits per heavy atom. The van der Waals surface area contributed by atoms with E-state index in [1.54, 1.807) is 12.1 Å². The first-order chi connectivity index (χ1) is 8.94. The topological polar surface area (TPSA) is 63.2 Å². The number of benzene rings is 1. The normalized spacial score (nSPS) is 17.2. The lowest BCUT2D eigenvalue weighted by Crippen LogP contribution is -2.32. The highest BCUT2D eigenvalue weighted by atomic mass is 32.2. The Morgan fingerprint density at radius 1 is 1.32 bits per heavy atom. The van der Waals surface area contributed by atoms with E-state index in [1.807, 2.05) is 13.8 Å². The number of hydrogen-bond donors (Lipinski definition) is 1. The van der Waals surface area contributed by atoms with Gasteiger partial charge in [-0.25, -0.2) is 13.1 Å². The van der Waals surface area contributed by atoms with Gasteiger partial charge in [0.05, 0.1) is 4.90 Å². The summed E-state index contributed by atoms with van der Waals surface area (Å²) in [6, 6.07) is 6.11. The van der Waals surface area contributed by atoms with Crippen molar-refractivity contribution in [3.8, 4) is 0 Å². The molecule has 1 N–H and O–H groups in total. The SMILES string of the molecule is CCC(C)NS(=O)(=O)c1ccc(C(=O)C2CC2)cc1. The van der Waals surface area contributed by atoms with Gasteiger partial charge in [0.15, 0.2) is 5.78 Å². The lowest BCUT2D eigenvalue weighted by Gasteiger charge is -2.12. The first-order valence-electron chi connectivity index (χ1n) is 6.60. The van der Waals surface area contributed by atoms with Crippen LogP contribution in [0.4, 0.5) is 0 Å². The van der Waals surface area contributed by atoms with Crippen LogP contribution in [-0.2, 0) is 10.0 Å². The maximum atomic E-state index is 12.0. The zero-order chi connectivity index (χ0) is 14.0. The Hall–Kier alpha value is -1.20. The van der Waals surface area contributed by atoms with Gasteiger partial charge in [-0.3, -0.25) is 4.79 Å². The van der Waals surface area contributed by atoms with Gasteiger partial charge in [-0.1, -0.05) is 19.1 Å².